The van der Waals surface area contributed by atoms with Crippen LogP contribution in [0.2, 0.25) is 0 Å². The molecule has 7 nitrogen and oxygen atoms in total. The molecule has 0 spiro atoms. The number of benzene rings is 1. The molecule has 0 aliphatic carbocycles. The first-order valence-corrected chi connectivity index (χ1v) is 8.62. The molecule has 136 valence electrons. The lowest BCUT2D eigenvalue weighted by Gasteiger charge is -2.30. The number of hydrogen-bond acceptors (Lipinski definition) is 4. The Morgan fingerprint density at radius 3 is 2.81 bits per heavy atom. The van der Waals surface area contributed by atoms with Gasteiger partial charge in [-0.3, -0.25) is 4.79 Å². The highest BCUT2D eigenvalue weighted by Gasteiger charge is 2.27. The zero-order valence-corrected chi connectivity index (χ0v) is 14.4. The molecule has 0 radical (unpaired) electrons. The van der Waals surface area contributed by atoms with Gasteiger partial charge in [-0.15, -0.1) is 0 Å². The third-order valence-electron chi connectivity index (χ3n) is 4.36. The van der Waals surface area contributed by atoms with E-state index in [1.54, 1.807) is 12.3 Å². The number of piperidine rings is 1. The van der Waals surface area contributed by atoms with Gasteiger partial charge in [0.1, 0.15) is 5.75 Å². The minimum Gasteiger partial charge on any atom is -0.439 e. The van der Waals surface area contributed by atoms with E-state index in [0.717, 1.165) is 18.4 Å². The molecule has 3 amide bonds. The van der Waals surface area contributed by atoms with E-state index in [0.29, 0.717) is 31.3 Å². The molecule has 1 saturated heterocycles. The van der Waals surface area contributed by atoms with Gasteiger partial charge in [-0.05, 0) is 31.0 Å². The molecule has 1 aromatic carbocycles. The summed E-state index contributed by atoms with van der Waals surface area (Å²) in [5.41, 5.74) is 6.10. The SMILES string of the molecule is NC(=O)N1CCC[C@H](C(=O)NCc2cccnc2Oc2ccccc2)C1. The molecule has 2 heterocycles. The third-order valence-corrected chi connectivity index (χ3v) is 4.36. The molecule has 1 fully saturated rings. The molecule has 7 heteroatoms. The van der Waals surface area contributed by atoms with E-state index in [1.807, 2.05) is 36.4 Å². The van der Waals surface area contributed by atoms with Crippen molar-refractivity contribution >= 4 is 11.9 Å². The zero-order chi connectivity index (χ0) is 18.4. The van der Waals surface area contributed by atoms with Crippen molar-refractivity contribution in [3.8, 4) is 11.6 Å². The summed E-state index contributed by atoms with van der Waals surface area (Å²) in [6, 6.07) is 12.5. The topological polar surface area (TPSA) is 97.6 Å². The number of ether oxygens (including phenoxy) is 1. The number of pyridine rings is 1. The summed E-state index contributed by atoms with van der Waals surface area (Å²) in [4.78, 5) is 29.5. The fraction of sp³-hybridized carbons (Fsp3) is 0.316. The number of hydrogen-bond donors (Lipinski definition) is 2. The minimum absolute atomic E-state index is 0.0922. The quantitative estimate of drug-likeness (QED) is 0.861. The van der Waals surface area contributed by atoms with E-state index in [-0.39, 0.29) is 11.8 Å². The predicted molar refractivity (Wildman–Crippen MR) is 96.5 cm³/mol. The number of aromatic nitrogens is 1. The van der Waals surface area contributed by atoms with Gasteiger partial charge in [0.25, 0.3) is 0 Å². The van der Waals surface area contributed by atoms with Crippen LogP contribution in [0.3, 0.4) is 0 Å². The predicted octanol–water partition coefficient (Wildman–Crippen LogP) is 2.28. The number of likely N-dealkylation sites (tertiary alicyclic amines) is 1. The molecule has 3 rings (SSSR count). The number of nitrogens with two attached hydrogens (primary N) is 1. The highest BCUT2D eigenvalue weighted by atomic mass is 16.5. The summed E-state index contributed by atoms with van der Waals surface area (Å²) in [5.74, 6) is 0.807. The standard InChI is InChI=1S/C19H22N4O3/c20-19(25)23-11-5-7-15(13-23)17(24)22-12-14-6-4-10-21-18(14)26-16-8-2-1-3-9-16/h1-4,6,8-10,15H,5,7,11-13H2,(H2,20,25)(H,22,24)/t15-/m0/s1. The first-order valence-electron chi connectivity index (χ1n) is 8.62. The fourth-order valence-electron chi connectivity index (χ4n) is 2.97. The number of rotatable bonds is 5. The molecule has 0 unspecified atom stereocenters. The number of carbonyl (C=O) groups is 2. The van der Waals surface area contributed by atoms with Crippen molar-refractivity contribution in [2.75, 3.05) is 13.1 Å². The van der Waals surface area contributed by atoms with E-state index in [4.69, 9.17) is 10.5 Å². The van der Waals surface area contributed by atoms with Crippen LogP contribution in [-0.2, 0) is 11.3 Å². The van der Waals surface area contributed by atoms with Crippen LogP contribution in [-0.4, -0.2) is 34.9 Å². The van der Waals surface area contributed by atoms with Crippen molar-refractivity contribution in [1.82, 2.24) is 15.2 Å². The van der Waals surface area contributed by atoms with Gasteiger partial charge in [0, 0.05) is 31.4 Å². The van der Waals surface area contributed by atoms with Crippen LogP contribution in [0.15, 0.2) is 48.7 Å². The lowest BCUT2D eigenvalue weighted by molar-refractivity contribution is -0.126. The van der Waals surface area contributed by atoms with E-state index >= 15 is 0 Å². The van der Waals surface area contributed by atoms with Crippen LogP contribution in [0.5, 0.6) is 11.6 Å². The molecular weight excluding hydrogens is 332 g/mol. The second-order valence-corrected chi connectivity index (χ2v) is 6.22. The maximum atomic E-state index is 12.5. The summed E-state index contributed by atoms with van der Waals surface area (Å²) in [7, 11) is 0. The van der Waals surface area contributed by atoms with Gasteiger partial charge in [0.05, 0.1) is 5.92 Å². The Hall–Kier alpha value is -3.09. The number of urea groups is 1. The highest BCUT2D eigenvalue weighted by Crippen LogP contribution is 2.23. The van der Waals surface area contributed by atoms with Gasteiger partial charge in [0.2, 0.25) is 11.8 Å². The van der Waals surface area contributed by atoms with Gasteiger partial charge in [-0.1, -0.05) is 24.3 Å². The number of carbonyl (C=O) groups excluding carboxylic acids is 2. The van der Waals surface area contributed by atoms with Crippen LogP contribution < -0.4 is 15.8 Å². The summed E-state index contributed by atoms with van der Waals surface area (Å²) in [6.07, 6.45) is 3.17. The molecule has 1 aliphatic heterocycles. The minimum atomic E-state index is -0.478. The van der Waals surface area contributed by atoms with Crippen molar-refractivity contribution in [2.24, 2.45) is 11.7 Å². The van der Waals surface area contributed by atoms with E-state index in [2.05, 4.69) is 10.3 Å². The number of para-hydroxylation sites is 1. The Kier molecular flexibility index (Phi) is 5.68. The van der Waals surface area contributed by atoms with E-state index in [1.165, 1.54) is 4.90 Å². The first-order chi connectivity index (χ1) is 12.6. The molecule has 1 atom stereocenters. The van der Waals surface area contributed by atoms with Gasteiger partial charge in [-0.2, -0.15) is 0 Å². The molecule has 1 aliphatic rings. The molecule has 26 heavy (non-hydrogen) atoms. The van der Waals surface area contributed by atoms with Crippen molar-refractivity contribution in [3.63, 3.8) is 0 Å². The number of nitrogens with one attached hydrogen (secondary N) is 1. The molecule has 2 aromatic rings. The summed E-state index contributed by atoms with van der Waals surface area (Å²) < 4.78 is 5.80. The Balaban J connectivity index is 1.61. The molecule has 0 bridgehead atoms. The number of nitrogens with zero attached hydrogens (tertiary/aromatic N) is 2. The summed E-state index contributed by atoms with van der Waals surface area (Å²) in [6.45, 7) is 1.28. The largest absolute Gasteiger partial charge is 0.439 e. The van der Waals surface area contributed by atoms with Crippen LogP contribution in [0.4, 0.5) is 4.79 Å². The Morgan fingerprint density at radius 1 is 1.23 bits per heavy atom. The van der Waals surface area contributed by atoms with Gasteiger partial charge >= 0.3 is 6.03 Å². The second kappa shape index (κ2) is 8.33. The van der Waals surface area contributed by atoms with Crippen molar-refractivity contribution in [1.29, 1.82) is 0 Å². The van der Waals surface area contributed by atoms with Crippen molar-refractivity contribution in [2.45, 2.75) is 19.4 Å². The monoisotopic (exact) mass is 354 g/mol. The summed E-state index contributed by atoms with van der Waals surface area (Å²) >= 11 is 0. The third kappa shape index (κ3) is 4.50. The molecule has 3 N–H and O–H groups in total. The first kappa shape index (κ1) is 17.7. The van der Waals surface area contributed by atoms with Crippen LogP contribution >= 0.6 is 0 Å². The highest BCUT2D eigenvalue weighted by molar-refractivity contribution is 5.80. The number of amides is 3. The van der Waals surface area contributed by atoms with Crippen LogP contribution in [0.25, 0.3) is 0 Å². The van der Waals surface area contributed by atoms with E-state index < -0.39 is 6.03 Å². The normalized spacial score (nSPS) is 16.8. The number of primary amides is 1. The smallest absolute Gasteiger partial charge is 0.314 e. The Bertz CT molecular complexity index is 766. The summed E-state index contributed by atoms with van der Waals surface area (Å²) in [5, 5.41) is 2.92. The van der Waals surface area contributed by atoms with Gasteiger partial charge in [-0.25, -0.2) is 9.78 Å². The molecule has 0 saturated carbocycles. The lowest BCUT2D eigenvalue weighted by Crippen LogP contribution is -2.47. The second-order valence-electron chi connectivity index (χ2n) is 6.22. The van der Waals surface area contributed by atoms with E-state index in [9.17, 15) is 9.59 Å². The van der Waals surface area contributed by atoms with Crippen molar-refractivity contribution < 1.29 is 14.3 Å². The van der Waals surface area contributed by atoms with Crippen molar-refractivity contribution in [3.05, 3.63) is 54.2 Å². The van der Waals surface area contributed by atoms with Crippen LogP contribution in [0, 0.1) is 5.92 Å². The zero-order valence-electron chi connectivity index (χ0n) is 14.4. The molecule has 1 aromatic heterocycles. The Morgan fingerprint density at radius 2 is 2.04 bits per heavy atom. The maximum Gasteiger partial charge on any atom is 0.314 e. The average Bonchev–Trinajstić information content (AvgIpc) is 2.68. The average molecular weight is 354 g/mol. The fourth-order valence-corrected chi connectivity index (χ4v) is 2.97. The lowest BCUT2D eigenvalue weighted by atomic mass is 9.97. The maximum absolute atomic E-state index is 12.5. The van der Waals surface area contributed by atoms with Gasteiger partial charge in [0.15, 0.2) is 0 Å². The van der Waals surface area contributed by atoms with Gasteiger partial charge < -0.3 is 20.7 Å². The Labute approximate surface area is 152 Å². The molecular formula is C19H22N4O3. The van der Waals surface area contributed by atoms with Crippen LogP contribution in [0.1, 0.15) is 18.4 Å².